The molecule has 1 aromatic carbocycles. The number of piperidine rings is 1. The zero-order chi connectivity index (χ0) is 22.6. The highest BCUT2D eigenvalue weighted by Crippen LogP contribution is 2.38. The first-order valence-corrected chi connectivity index (χ1v) is 10.8. The average molecular weight is 449 g/mol. The number of methoxy groups -OCH3 is 1. The first-order chi connectivity index (χ1) is 14.7. The van der Waals surface area contributed by atoms with Gasteiger partial charge in [-0.15, -0.1) is 0 Å². The van der Waals surface area contributed by atoms with Crippen LogP contribution in [-0.2, 0) is 11.0 Å². The van der Waals surface area contributed by atoms with Crippen molar-refractivity contribution in [2.24, 2.45) is 0 Å². The lowest BCUT2D eigenvalue weighted by molar-refractivity contribution is -0.138. The molecule has 3 rings (SSSR count). The van der Waals surface area contributed by atoms with E-state index in [1.54, 1.807) is 35.2 Å². The first kappa shape index (κ1) is 22.9. The van der Waals surface area contributed by atoms with Crippen LogP contribution in [-0.4, -0.2) is 41.2 Å². The normalized spacial score (nSPS) is 16.6. The van der Waals surface area contributed by atoms with Gasteiger partial charge in [0.2, 0.25) is 5.91 Å². The summed E-state index contributed by atoms with van der Waals surface area (Å²) in [6.45, 7) is 2.60. The van der Waals surface area contributed by atoms with Gasteiger partial charge in [0.25, 0.3) is 0 Å². The number of benzene rings is 1. The average Bonchev–Trinajstić information content (AvgIpc) is 2.76. The number of ether oxygens (including phenoxy) is 1. The molecule has 0 aliphatic carbocycles. The van der Waals surface area contributed by atoms with Crippen molar-refractivity contribution in [2.45, 2.75) is 43.4 Å². The molecule has 2 aromatic rings. The van der Waals surface area contributed by atoms with Crippen molar-refractivity contribution in [3.63, 3.8) is 0 Å². The number of carbonyl (C=O) groups excluding carboxylic acids is 1. The number of pyridine rings is 1. The second kappa shape index (κ2) is 9.60. The lowest BCUT2D eigenvalue weighted by atomic mass is 10.0. The van der Waals surface area contributed by atoms with Crippen molar-refractivity contribution in [1.82, 2.24) is 9.88 Å². The molecule has 0 N–H and O–H groups in total. The lowest BCUT2D eigenvalue weighted by Crippen LogP contribution is -2.42. The number of likely N-dealkylation sites (tertiary alicyclic amines) is 1. The minimum atomic E-state index is -4.73. The molecule has 2 heterocycles. The van der Waals surface area contributed by atoms with Gasteiger partial charge in [0, 0.05) is 18.2 Å². The summed E-state index contributed by atoms with van der Waals surface area (Å²) >= 11 is 0.873. The molecule has 0 saturated carbocycles. The predicted molar refractivity (Wildman–Crippen MR) is 112 cm³/mol. The third-order valence-corrected chi connectivity index (χ3v) is 6.21. The van der Waals surface area contributed by atoms with Gasteiger partial charge in [0.15, 0.2) is 0 Å². The van der Waals surface area contributed by atoms with E-state index in [2.05, 4.69) is 4.98 Å². The Morgan fingerprint density at radius 3 is 2.61 bits per heavy atom. The zero-order valence-corrected chi connectivity index (χ0v) is 18.0. The summed E-state index contributed by atoms with van der Waals surface area (Å²) < 4.78 is 46.1. The van der Waals surface area contributed by atoms with Gasteiger partial charge in [-0.25, -0.2) is 4.98 Å². The monoisotopic (exact) mass is 449 g/mol. The number of nitrogens with zero attached hydrogens (tertiary/aromatic N) is 3. The number of thioether (sulfide) groups is 1. The topological polar surface area (TPSA) is 66.2 Å². The summed E-state index contributed by atoms with van der Waals surface area (Å²) in [6, 6.07) is 9.05. The molecule has 0 bridgehead atoms. The third-order valence-electron chi connectivity index (χ3n) is 5.24. The quantitative estimate of drug-likeness (QED) is 0.592. The Balaban J connectivity index is 1.95. The van der Waals surface area contributed by atoms with E-state index in [0.717, 1.165) is 37.1 Å². The van der Waals surface area contributed by atoms with Crippen LogP contribution in [0.4, 0.5) is 13.2 Å². The maximum Gasteiger partial charge on any atom is 0.417 e. The minimum absolute atomic E-state index is 0.0740. The Kier molecular flexibility index (Phi) is 7.11. The molecule has 1 fully saturated rings. The van der Waals surface area contributed by atoms with Crippen LogP contribution < -0.4 is 4.74 Å². The van der Waals surface area contributed by atoms with E-state index in [0.29, 0.717) is 17.9 Å². The molecule has 5 nitrogen and oxygen atoms in total. The third kappa shape index (κ3) is 5.31. The summed E-state index contributed by atoms with van der Waals surface area (Å²) in [5.41, 5.74) is -1.09. The van der Waals surface area contributed by atoms with Gasteiger partial charge in [-0.1, -0.05) is 11.8 Å². The van der Waals surface area contributed by atoms with Crippen molar-refractivity contribution >= 4 is 17.7 Å². The highest BCUT2D eigenvalue weighted by molar-refractivity contribution is 8.00. The molecule has 1 aliphatic heterocycles. The summed E-state index contributed by atoms with van der Waals surface area (Å²) in [7, 11) is 1.49. The molecule has 164 valence electrons. The van der Waals surface area contributed by atoms with Crippen molar-refractivity contribution in [2.75, 3.05) is 19.4 Å². The molecule has 31 heavy (non-hydrogen) atoms. The van der Waals surface area contributed by atoms with Crippen LogP contribution >= 0.6 is 11.8 Å². The number of amides is 1. The van der Waals surface area contributed by atoms with E-state index in [1.165, 1.54) is 7.11 Å². The highest BCUT2D eigenvalue weighted by Gasteiger charge is 2.36. The molecule has 1 atom stereocenters. The number of carbonyl (C=O) groups is 1. The van der Waals surface area contributed by atoms with Gasteiger partial charge in [-0.3, -0.25) is 4.79 Å². The number of nitriles is 1. The molecule has 9 heteroatoms. The molecule has 0 radical (unpaired) electrons. The van der Waals surface area contributed by atoms with E-state index in [9.17, 15) is 23.2 Å². The Labute approximate surface area is 183 Å². The molecular weight excluding hydrogens is 427 g/mol. The second-order valence-electron chi connectivity index (χ2n) is 7.29. The SMILES string of the molecule is COc1ccc(-c2cc(C(F)(F)F)c(C#N)c(SCC(=O)N3CCCC[C@@H]3C)n2)cc1. The van der Waals surface area contributed by atoms with Gasteiger partial charge >= 0.3 is 6.18 Å². The summed E-state index contributed by atoms with van der Waals surface area (Å²) in [5.74, 6) is 0.325. The molecular formula is C22H22F3N3O2S. The number of hydrogen-bond donors (Lipinski definition) is 0. The van der Waals surface area contributed by atoms with Crippen LogP contribution in [0.3, 0.4) is 0 Å². The summed E-state index contributed by atoms with van der Waals surface area (Å²) in [5, 5.41) is 9.34. The summed E-state index contributed by atoms with van der Waals surface area (Å²) in [4.78, 5) is 18.7. The fourth-order valence-electron chi connectivity index (χ4n) is 3.55. The number of halogens is 3. The Bertz CT molecular complexity index is 987. The molecule has 1 aromatic heterocycles. The van der Waals surface area contributed by atoms with Crippen LogP contribution in [0.1, 0.15) is 37.3 Å². The lowest BCUT2D eigenvalue weighted by Gasteiger charge is -2.33. The van der Waals surface area contributed by atoms with E-state index >= 15 is 0 Å². The standard InChI is InChI=1S/C22H22F3N3O2S/c1-14-5-3-4-10-28(14)20(29)13-31-21-17(12-26)18(22(23,24)25)11-19(27-21)15-6-8-16(30-2)9-7-15/h6-9,11,14H,3-5,10,13H2,1-2H3/t14-/m0/s1. The smallest absolute Gasteiger partial charge is 0.417 e. The Morgan fingerprint density at radius 1 is 1.32 bits per heavy atom. The van der Waals surface area contributed by atoms with E-state index < -0.39 is 17.3 Å². The van der Waals surface area contributed by atoms with Crippen molar-refractivity contribution in [1.29, 1.82) is 5.26 Å². The molecule has 1 saturated heterocycles. The molecule has 0 spiro atoms. The number of rotatable bonds is 5. The van der Waals surface area contributed by atoms with E-state index in [4.69, 9.17) is 4.74 Å². The van der Waals surface area contributed by atoms with Gasteiger partial charge in [-0.05, 0) is 56.5 Å². The minimum Gasteiger partial charge on any atom is -0.497 e. The van der Waals surface area contributed by atoms with E-state index in [-0.39, 0.29) is 28.4 Å². The van der Waals surface area contributed by atoms with Gasteiger partial charge in [-0.2, -0.15) is 18.4 Å². The number of hydrogen-bond acceptors (Lipinski definition) is 5. The van der Waals surface area contributed by atoms with Crippen molar-refractivity contribution in [3.05, 3.63) is 41.5 Å². The van der Waals surface area contributed by atoms with Crippen LogP contribution in [0.5, 0.6) is 5.75 Å². The fourth-order valence-corrected chi connectivity index (χ4v) is 4.44. The van der Waals surface area contributed by atoms with Gasteiger partial charge in [0.1, 0.15) is 16.8 Å². The van der Waals surface area contributed by atoms with Gasteiger partial charge < -0.3 is 9.64 Å². The summed E-state index contributed by atoms with van der Waals surface area (Å²) in [6.07, 6.45) is -1.86. The van der Waals surface area contributed by atoms with Crippen molar-refractivity contribution < 1.29 is 22.7 Å². The van der Waals surface area contributed by atoms with Crippen LogP contribution in [0.25, 0.3) is 11.3 Å². The fraction of sp³-hybridized carbons (Fsp3) is 0.409. The van der Waals surface area contributed by atoms with Gasteiger partial charge in [0.05, 0.1) is 29.7 Å². The molecule has 0 unspecified atom stereocenters. The molecule has 1 aliphatic rings. The Hall–Kier alpha value is -2.73. The maximum absolute atomic E-state index is 13.7. The second-order valence-corrected chi connectivity index (χ2v) is 8.26. The maximum atomic E-state index is 13.7. The number of aromatic nitrogens is 1. The van der Waals surface area contributed by atoms with Crippen molar-refractivity contribution in [3.8, 4) is 23.1 Å². The Morgan fingerprint density at radius 2 is 2.03 bits per heavy atom. The highest BCUT2D eigenvalue weighted by atomic mass is 32.2. The molecule has 1 amide bonds. The number of alkyl halides is 3. The zero-order valence-electron chi connectivity index (χ0n) is 17.2. The van der Waals surface area contributed by atoms with Crippen LogP contribution in [0.15, 0.2) is 35.4 Å². The first-order valence-electron chi connectivity index (χ1n) is 9.83. The van der Waals surface area contributed by atoms with Crippen LogP contribution in [0.2, 0.25) is 0 Å². The largest absolute Gasteiger partial charge is 0.497 e. The van der Waals surface area contributed by atoms with E-state index in [1.807, 2.05) is 6.92 Å². The van der Waals surface area contributed by atoms with Crippen LogP contribution in [0, 0.1) is 11.3 Å². The predicted octanol–water partition coefficient (Wildman–Crippen LogP) is 5.14.